The van der Waals surface area contributed by atoms with Gasteiger partial charge in [-0.05, 0) is 25.7 Å². The molecule has 0 bridgehead atoms. The second kappa shape index (κ2) is 33.5. The highest BCUT2D eigenvalue weighted by Crippen LogP contribution is 2.23. The van der Waals surface area contributed by atoms with E-state index in [9.17, 15) is 0 Å². The molecule has 0 aromatic carbocycles. The smallest absolute Gasteiger partial charge is 0.0882 e. The summed E-state index contributed by atoms with van der Waals surface area (Å²) in [7, 11) is 14.0. The first-order valence-corrected chi connectivity index (χ1v) is 22.7. The molecule has 0 rings (SSSR count). The topological polar surface area (TPSA) is 0 Å². The van der Waals surface area contributed by atoms with Crippen LogP contribution >= 0.6 is 21.6 Å². The fourth-order valence-corrected chi connectivity index (χ4v) is 8.91. The van der Waals surface area contributed by atoms with E-state index in [4.69, 9.17) is 0 Å². The minimum Gasteiger partial charge on any atom is -0.328 e. The Bertz CT molecular complexity index is 503. The highest BCUT2D eigenvalue weighted by molar-refractivity contribution is 8.76. The van der Waals surface area contributed by atoms with E-state index in [0.29, 0.717) is 0 Å². The molecule has 0 N–H and O–H groups in total. The Morgan fingerprint density at radius 2 is 0.477 bits per heavy atom. The average molecular weight is 659 g/mol. The van der Waals surface area contributed by atoms with E-state index in [0.717, 1.165) is 0 Å². The van der Waals surface area contributed by atoms with Gasteiger partial charge in [-0.25, -0.2) is 0 Å². The highest BCUT2D eigenvalue weighted by atomic mass is 33.1. The first kappa shape index (κ1) is 44.6. The van der Waals surface area contributed by atoms with Crippen LogP contribution in [0.15, 0.2) is 0 Å². The van der Waals surface area contributed by atoms with Crippen LogP contribution in [-0.2, 0) is 0 Å². The van der Waals surface area contributed by atoms with Crippen molar-refractivity contribution in [2.24, 2.45) is 0 Å². The second-order valence-electron chi connectivity index (χ2n) is 15.6. The van der Waals surface area contributed by atoms with Gasteiger partial charge < -0.3 is 8.97 Å². The monoisotopic (exact) mass is 659 g/mol. The molecule has 0 saturated heterocycles. The van der Waals surface area contributed by atoms with Crippen molar-refractivity contribution in [2.45, 2.75) is 194 Å². The summed E-state index contributed by atoms with van der Waals surface area (Å²) < 4.78 is 2.40. The fourth-order valence-electron chi connectivity index (χ4n) is 6.38. The van der Waals surface area contributed by atoms with Gasteiger partial charge >= 0.3 is 0 Å². The number of unbranched alkanes of at least 4 members (excludes halogenated alkanes) is 26. The Balaban J connectivity index is 3.47. The molecule has 0 saturated carbocycles. The van der Waals surface area contributed by atoms with Crippen LogP contribution in [0.4, 0.5) is 0 Å². The lowest BCUT2D eigenvalue weighted by Gasteiger charge is -2.30. The molecule has 0 aromatic rings. The zero-order valence-corrected chi connectivity index (χ0v) is 33.4. The lowest BCUT2D eigenvalue weighted by Crippen LogP contribution is -2.42. The first-order valence-electron chi connectivity index (χ1n) is 20.2. The summed E-state index contributed by atoms with van der Waals surface area (Å²) in [5, 5.41) is 0. The predicted molar refractivity (Wildman–Crippen MR) is 209 cm³/mol. The van der Waals surface area contributed by atoms with Gasteiger partial charge in [-0.2, -0.15) is 0 Å². The summed E-state index contributed by atoms with van der Waals surface area (Å²) >= 11 is 0. The van der Waals surface area contributed by atoms with Crippen molar-refractivity contribution in [2.75, 3.05) is 65.9 Å². The van der Waals surface area contributed by atoms with Crippen LogP contribution in [0.25, 0.3) is 0 Å². The van der Waals surface area contributed by atoms with Gasteiger partial charge in [-0.3, -0.25) is 0 Å². The molecule has 0 radical (unpaired) electrons. The molecule has 0 spiro atoms. The van der Waals surface area contributed by atoms with Crippen LogP contribution in [0.1, 0.15) is 194 Å². The largest absolute Gasteiger partial charge is 0.328 e. The van der Waals surface area contributed by atoms with Crippen LogP contribution in [0, 0.1) is 0 Å². The van der Waals surface area contributed by atoms with Crippen LogP contribution < -0.4 is 0 Å². The quantitative estimate of drug-likeness (QED) is 0.0370. The first-order chi connectivity index (χ1) is 21.3. The number of rotatable bonds is 37. The molecule has 0 atom stereocenters. The van der Waals surface area contributed by atoms with Crippen LogP contribution in [-0.4, -0.2) is 74.8 Å². The van der Waals surface area contributed by atoms with E-state index in [2.05, 4.69) is 63.6 Å². The van der Waals surface area contributed by atoms with Gasteiger partial charge in [0.05, 0.1) is 65.9 Å². The predicted octanol–water partition coefficient (Wildman–Crippen LogP) is 13.5. The highest BCUT2D eigenvalue weighted by Gasteiger charge is 2.16. The molecule has 0 aliphatic heterocycles. The van der Waals surface area contributed by atoms with Crippen molar-refractivity contribution in [3.8, 4) is 0 Å². The molecule has 4 heteroatoms. The van der Waals surface area contributed by atoms with E-state index >= 15 is 0 Å². The summed E-state index contributed by atoms with van der Waals surface area (Å²) in [6, 6.07) is 0. The standard InChI is InChI=1S/C40H86N2S2/c1-7-9-11-13-15-17-19-21-23-25-27-29-31-33-35-41(3,4)37-39-43-44-40-38-42(5,6)36-34-32-30-28-26-24-22-20-18-16-14-12-10-8-2/h7-40H2,1-6H3/q+2. The normalized spacial score (nSPS) is 12.4. The molecule has 0 aromatic heterocycles. The summed E-state index contributed by atoms with van der Waals surface area (Å²) in [6.07, 6.45) is 40.7. The Kier molecular flexibility index (Phi) is 34.0. The fraction of sp³-hybridized carbons (Fsp3) is 1.00. The molecule has 266 valence electrons. The van der Waals surface area contributed by atoms with Crippen LogP contribution in [0.3, 0.4) is 0 Å². The third-order valence-corrected chi connectivity index (χ3v) is 12.2. The van der Waals surface area contributed by atoms with Crippen molar-refractivity contribution >= 4 is 21.6 Å². The third-order valence-electron chi connectivity index (χ3n) is 9.88. The molecule has 0 heterocycles. The third kappa shape index (κ3) is 35.5. The molecular formula is C40H86N2S2+2. The maximum atomic E-state index is 2.45. The van der Waals surface area contributed by atoms with E-state index in [1.165, 1.54) is 226 Å². The molecular weight excluding hydrogens is 573 g/mol. The van der Waals surface area contributed by atoms with E-state index < -0.39 is 0 Å². The zero-order valence-electron chi connectivity index (χ0n) is 31.8. The summed E-state index contributed by atoms with van der Waals surface area (Å²) in [5.41, 5.74) is 0. The molecule has 2 nitrogen and oxygen atoms in total. The minimum atomic E-state index is 1.20. The number of quaternary nitrogens is 2. The molecule has 0 aliphatic carbocycles. The van der Waals surface area contributed by atoms with E-state index in [1.807, 2.05) is 0 Å². The summed E-state index contributed by atoms with van der Waals surface area (Å²) in [6.45, 7) is 9.95. The number of hydrogen-bond donors (Lipinski definition) is 0. The number of nitrogens with zero attached hydrogens (tertiary/aromatic N) is 2. The van der Waals surface area contributed by atoms with Gasteiger partial charge in [0, 0.05) is 0 Å². The molecule has 0 aliphatic rings. The molecule has 44 heavy (non-hydrogen) atoms. The van der Waals surface area contributed by atoms with Gasteiger partial charge in [0.15, 0.2) is 0 Å². The number of hydrogen-bond acceptors (Lipinski definition) is 2. The Morgan fingerprint density at radius 1 is 0.273 bits per heavy atom. The maximum Gasteiger partial charge on any atom is 0.0882 e. The van der Waals surface area contributed by atoms with Crippen molar-refractivity contribution in [1.82, 2.24) is 0 Å². The van der Waals surface area contributed by atoms with Gasteiger partial charge in [0.25, 0.3) is 0 Å². The van der Waals surface area contributed by atoms with Gasteiger partial charge in [-0.1, -0.05) is 190 Å². The maximum absolute atomic E-state index is 2.45. The van der Waals surface area contributed by atoms with Crippen LogP contribution in [0.5, 0.6) is 0 Å². The van der Waals surface area contributed by atoms with E-state index in [-0.39, 0.29) is 0 Å². The lowest BCUT2D eigenvalue weighted by atomic mass is 10.0. The van der Waals surface area contributed by atoms with Gasteiger partial charge in [-0.15, -0.1) is 0 Å². The summed E-state index contributed by atoms with van der Waals surface area (Å²) in [5.74, 6) is 2.59. The van der Waals surface area contributed by atoms with Crippen molar-refractivity contribution in [3.63, 3.8) is 0 Å². The second-order valence-corrected chi connectivity index (χ2v) is 18.3. The SMILES string of the molecule is CCCCCCCCCCCCCCCC[N+](C)(C)CCSSCC[N+](C)(C)CCCCCCCCCCCCCCCC. The Morgan fingerprint density at radius 3 is 0.705 bits per heavy atom. The van der Waals surface area contributed by atoms with Crippen molar-refractivity contribution in [1.29, 1.82) is 0 Å². The van der Waals surface area contributed by atoms with Gasteiger partial charge in [0.1, 0.15) is 0 Å². The summed E-state index contributed by atoms with van der Waals surface area (Å²) in [4.78, 5) is 0. The molecule has 0 amide bonds. The van der Waals surface area contributed by atoms with Crippen molar-refractivity contribution < 1.29 is 8.97 Å². The Labute approximate surface area is 289 Å². The van der Waals surface area contributed by atoms with Gasteiger partial charge in [0.2, 0.25) is 0 Å². The molecule has 0 fully saturated rings. The van der Waals surface area contributed by atoms with Crippen LogP contribution in [0.2, 0.25) is 0 Å². The molecule has 0 unspecified atom stereocenters. The Hall–Kier alpha value is 0.620. The average Bonchev–Trinajstić information content (AvgIpc) is 2.99. The minimum absolute atomic E-state index is 1.20. The zero-order chi connectivity index (χ0) is 32.5. The van der Waals surface area contributed by atoms with E-state index in [1.54, 1.807) is 0 Å². The van der Waals surface area contributed by atoms with Crippen molar-refractivity contribution in [3.05, 3.63) is 0 Å². The lowest BCUT2D eigenvalue weighted by molar-refractivity contribution is -0.888.